The van der Waals surface area contributed by atoms with Crippen LogP contribution >= 0.6 is 0 Å². The minimum atomic E-state index is -4.70. The molecule has 0 saturated carbocycles. The fourth-order valence-corrected chi connectivity index (χ4v) is 5.32. The van der Waals surface area contributed by atoms with Crippen molar-refractivity contribution in [2.24, 2.45) is 0 Å². The SMILES string of the molecule is FC(F)(F)c1nc(Nc2ccc3c(c2)CCC(N2CCCC2)CC3)n(-c2cccc(-c3ncc[nH]3)n2)n1. The number of aromatic nitrogens is 6. The predicted octanol–water partition coefficient (Wildman–Crippen LogP) is 5.16. The number of nitrogens with one attached hydrogen (secondary N) is 2. The third-order valence-electron chi connectivity index (χ3n) is 7.17. The number of aryl methyl sites for hydroxylation is 2. The summed E-state index contributed by atoms with van der Waals surface area (Å²) in [5.41, 5.74) is 3.68. The zero-order valence-corrected chi connectivity index (χ0v) is 20.2. The van der Waals surface area contributed by atoms with Gasteiger partial charge in [-0.1, -0.05) is 12.1 Å². The number of rotatable bonds is 5. The highest BCUT2D eigenvalue weighted by Gasteiger charge is 2.37. The summed E-state index contributed by atoms with van der Waals surface area (Å²) in [6, 6.07) is 11.6. The van der Waals surface area contributed by atoms with Gasteiger partial charge in [0.15, 0.2) is 11.6 Å². The van der Waals surface area contributed by atoms with E-state index in [0.717, 1.165) is 30.4 Å². The summed E-state index contributed by atoms with van der Waals surface area (Å²) >= 11 is 0. The van der Waals surface area contributed by atoms with E-state index in [0.29, 0.717) is 23.2 Å². The molecule has 6 rings (SSSR count). The van der Waals surface area contributed by atoms with E-state index in [2.05, 4.69) is 41.3 Å². The second-order valence-corrected chi connectivity index (χ2v) is 9.57. The Kier molecular flexibility index (Phi) is 6.15. The van der Waals surface area contributed by atoms with Crippen LogP contribution in [0.25, 0.3) is 17.3 Å². The van der Waals surface area contributed by atoms with Crippen molar-refractivity contribution in [2.75, 3.05) is 18.4 Å². The van der Waals surface area contributed by atoms with E-state index >= 15 is 0 Å². The van der Waals surface area contributed by atoms with Gasteiger partial charge in [-0.15, -0.1) is 5.10 Å². The number of hydrogen-bond donors (Lipinski definition) is 2. The summed E-state index contributed by atoms with van der Waals surface area (Å²) in [6.07, 6.45) is 5.27. The Hall–Kier alpha value is -3.73. The van der Waals surface area contributed by atoms with Crippen LogP contribution in [0.2, 0.25) is 0 Å². The summed E-state index contributed by atoms with van der Waals surface area (Å²) in [7, 11) is 0. The van der Waals surface area contributed by atoms with Gasteiger partial charge in [-0.3, -0.25) is 0 Å². The van der Waals surface area contributed by atoms with Crippen LogP contribution in [-0.4, -0.2) is 53.7 Å². The molecule has 3 aromatic heterocycles. The van der Waals surface area contributed by atoms with Crippen LogP contribution in [0.1, 0.15) is 42.6 Å². The summed E-state index contributed by atoms with van der Waals surface area (Å²) in [4.78, 5) is 18.0. The number of halogens is 3. The highest BCUT2D eigenvalue weighted by atomic mass is 19.4. The van der Waals surface area contributed by atoms with E-state index < -0.39 is 12.0 Å². The molecule has 4 aromatic rings. The lowest BCUT2D eigenvalue weighted by Crippen LogP contribution is -2.32. The van der Waals surface area contributed by atoms with Gasteiger partial charge in [0.2, 0.25) is 5.95 Å². The lowest BCUT2D eigenvalue weighted by atomic mass is 10.0. The molecule has 2 N–H and O–H groups in total. The predicted molar refractivity (Wildman–Crippen MR) is 133 cm³/mol. The van der Waals surface area contributed by atoms with Gasteiger partial charge in [-0.05, 0) is 87.0 Å². The van der Waals surface area contributed by atoms with Gasteiger partial charge in [-0.25, -0.2) is 9.97 Å². The Bertz CT molecular complexity index is 1370. The number of alkyl halides is 3. The number of benzene rings is 1. The van der Waals surface area contributed by atoms with E-state index in [1.54, 1.807) is 30.6 Å². The van der Waals surface area contributed by atoms with Crippen LogP contribution in [0.3, 0.4) is 0 Å². The number of anilines is 2. The highest BCUT2D eigenvalue weighted by molar-refractivity contribution is 5.58. The van der Waals surface area contributed by atoms with E-state index in [-0.39, 0.29) is 11.8 Å². The minimum Gasteiger partial charge on any atom is -0.343 e. The lowest BCUT2D eigenvalue weighted by Gasteiger charge is -2.25. The molecule has 37 heavy (non-hydrogen) atoms. The number of aromatic amines is 1. The normalized spacial score (nSPS) is 18.5. The first-order chi connectivity index (χ1) is 17.9. The Morgan fingerprint density at radius 2 is 1.78 bits per heavy atom. The maximum atomic E-state index is 13.6. The Morgan fingerprint density at radius 1 is 0.973 bits per heavy atom. The zero-order chi connectivity index (χ0) is 25.4. The molecule has 1 aromatic carbocycles. The fourth-order valence-electron chi connectivity index (χ4n) is 5.32. The Morgan fingerprint density at radius 3 is 2.54 bits per heavy atom. The number of fused-ring (bicyclic) bond motifs is 1. The molecule has 11 heteroatoms. The van der Waals surface area contributed by atoms with Gasteiger partial charge in [0.1, 0.15) is 5.69 Å². The number of imidazole rings is 1. The first kappa shape index (κ1) is 23.7. The molecule has 8 nitrogen and oxygen atoms in total. The summed E-state index contributed by atoms with van der Waals surface area (Å²) in [5, 5.41) is 6.82. The minimum absolute atomic E-state index is 0.0556. The van der Waals surface area contributed by atoms with Crippen LogP contribution in [0.4, 0.5) is 24.8 Å². The molecule has 1 fully saturated rings. The summed E-state index contributed by atoms with van der Waals surface area (Å²) < 4.78 is 41.8. The molecule has 0 spiro atoms. The third kappa shape index (κ3) is 4.95. The van der Waals surface area contributed by atoms with Crippen molar-refractivity contribution in [1.29, 1.82) is 0 Å². The number of nitrogens with zero attached hydrogens (tertiary/aromatic N) is 6. The number of H-pyrrole nitrogens is 1. The van der Waals surface area contributed by atoms with Crippen molar-refractivity contribution in [3.63, 3.8) is 0 Å². The van der Waals surface area contributed by atoms with Crippen LogP contribution < -0.4 is 5.32 Å². The van der Waals surface area contributed by atoms with Gasteiger partial charge in [0.25, 0.3) is 5.82 Å². The second kappa shape index (κ2) is 9.62. The third-order valence-corrected chi connectivity index (χ3v) is 7.17. The number of hydrogen-bond acceptors (Lipinski definition) is 6. The molecule has 1 saturated heterocycles. The monoisotopic (exact) mass is 508 g/mol. The van der Waals surface area contributed by atoms with Crippen LogP contribution in [-0.2, 0) is 19.0 Å². The number of likely N-dealkylation sites (tertiary alicyclic amines) is 1. The largest absolute Gasteiger partial charge is 0.453 e. The smallest absolute Gasteiger partial charge is 0.343 e. The average Bonchev–Trinajstić information content (AvgIpc) is 3.65. The molecule has 0 radical (unpaired) electrons. The standard InChI is InChI=1S/C26H27F3N8/c27-26(28,29)24-34-25(37(35-24)22-5-3-4-21(33-22)23-30-12-13-31-23)32-19-9-6-17-7-10-20(11-8-18(17)16-19)36-14-1-2-15-36/h3-6,9,12-13,16,20H,1-2,7-8,10-11,14-15H2,(H,30,31)(H,32,34,35). The van der Waals surface area contributed by atoms with E-state index in [1.807, 2.05) is 12.1 Å². The summed E-state index contributed by atoms with van der Waals surface area (Å²) in [6.45, 7) is 2.36. The molecule has 1 aliphatic carbocycles. The molecule has 0 amide bonds. The van der Waals surface area contributed by atoms with E-state index in [9.17, 15) is 13.2 Å². The molecule has 1 atom stereocenters. The Labute approximate surface area is 212 Å². The Balaban J connectivity index is 1.29. The molecular weight excluding hydrogens is 481 g/mol. The van der Waals surface area contributed by atoms with Gasteiger partial charge in [-0.2, -0.15) is 22.8 Å². The fraction of sp³-hybridized carbons (Fsp3) is 0.385. The van der Waals surface area contributed by atoms with Crippen molar-refractivity contribution in [3.8, 4) is 17.3 Å². The zero-order valence-electron chi connectivity index (χ0n) is 20.2. The molecule has 1 aliphatic heterocycles. The molecule has 192 valence electrons. The van der Waals surface area contributed by atoms with Crippen molar-refractivity contribution in [2.45, 2.75) is 50.7 Å². The second-order valence-electron chi connectivity index (χ2n) is 9.57. The lowest BCUT2D eigenvalue weighted by molar-refractivity contribution is -0.144. The van der Waals surface area contributed by atoms with Crippen molar-refractivity contribution < 1.29 is 13.2 Å². The quantitative estimate of drug-likeness (QED) is 0.362. The maximum absolute atomic E-state index is 13.6. The van der Waals surface area contributed by atoms with Crippen molar-refractivity contribution in [1.82, 2.24) is 34.6 Å². The van der Waals surface area contributed by atoms with Gasteiger partial charge >= 0.3 is 6.18 Å². The first-order valence-electron chi connectivity index (χ1n) is 12.6. The molecule has 2 aliphatic rings. The van der Waals surface area contributed by atoms with Gasteiger partial charge < -0.3 is 15.2 Å². The first-order valence-corrected chi connectivity index (χ1v) is 12.6. The molecular formula is C26H27F3N8. The van der Waals surface area contributed by atoms with E-state index in [1.165, 1.54) is 37.1 Å². The van der Waals surface area contributed by atoms with Crippen LogP contribution in [0, 0.1) is 0 Å². The summed E-state index contributed by atoms with van der Waals surface area (Å²) in [5.74, 6) is -0.587. The maximum Gasteiger partial charge on any atom is 0.453 e. The van der Waals surface area contributed by atoms with Crippen molar-refractivity contribution in [3.05, 3.63) is 65.7 Å². The highest BCUT2D eigenvalue weighted by Crippen LogP contribution is 2.32. The van der Waals surface area contributed by atoms with E-state index in [4.69, 9.17) is 0 Å². The number of pyridine rings is 1. The molecule has 0 bridgehead atoms. The topological polar surface area (TPSA) is 87.5 Å². The van der Waals surface area contributed by atoms with Crippen molar-refractivity contribution >= 4 is 11.6 Å². The van der Waals surface area contributed by atoms with Gasteiger partial charge in [0, 0.05) is 24.1 Å². The van der Waals surface area contributed by atoms with Crippen LogP contribution in [0.15, 0.2) is 48.8 Å². The average molecular weight is 509 g/mol. The van der Waals surface area contributed by atoms with Gasteiger partial charge in [0.05, 0.1) is 0 Å². The molecule has 1 unspecified atom stereocenters. The molecule has 4 heterocycles. The van der Waals surface area contributed by atoms with Crippen LogP contribution in [0.5, 0.6) is 0 Å².